The van der Waals surface area contributed by atoms with Gasteiger partial charge in [-0.1, -0.05) is 18.2 Å². The average Bonchev–Trinajstić information content (AvgIpc) is 2.60. The van der Waals surface area contributed by atoms with Gasteiger partial charge in [-0.15, -0.1) is 0 Å². The summed E-state index contributed by atoms with van der Waals surface area (Å²) in [5.41, 5.74) is 6.73. The van der Waals surface area contributed by atoms with Crippen LogP contribution in [-0.4, -0.2) is 29.2 Å². The Kier molecular flexibility index (Phi) is 4.33. The van der Waals surface area contributed by atoms with Gasteiger partial charge in [0.25, 0.3) is 0 Å². The molecule has 0 radical (unpaired) electrons. The first-order valence-electron chi connectivity index (χ1n) is 6.92. The van der Waals surface area contributed by atoms with E-state index in [1.165, 1.54) is 0 Å². The van der Waals surface area contributed by atoms with Gasteiger partial charge in [-0.3, -0.25) is 0 Å². The second kappa shape index (κ2) is 5.59. The molecule has 1 fully saturated rings. The minimum Gasteiger partial charge on any atom is -0.505 e. The van der Waals surface area contributed by atoms with Crippen LogP contribution in [-0.2, 0) is 9.31 Å². The van der Waals surface area contributed by atoms with Crippen LogP contribution in [0.5, 0.6) is 5.75 Å². The summed E-state index contributed by atoms with van der Waals surface area (Å²) >= 11 is 4.35. The predicted octanol–water partition coefficient (Wildman–Crippen LogP) is 2.92. The number of benzene rings is 1. The number of phenolic OH excluding ortho intramolecular Hbond substituents is 1. The largest absolute Gasteiger partial charge is 0.505 e. The molecule has 1 heterocycles. The lowest BCUT2D eigenvalue weighted by Crippen LogP contribution is -2.41. The van der Waals surface area contributed by atoms with E-state index in [0.717, 1.165) is 5.47 Å². The molecule has 6 heteroatoms. The second-order valence-electron chi connectivity index (χ2n) is 6.25. The Morgan fingerprint density at radius 3 is 2.38 bits per heavy atom. The van der Waals surface area contributed by atoms with Gasteiger partial charge in [0.05, 0.1) is 16.9 Å². The first-order valence-corrected chi connectivity index (χ1v) is 7.55. The van der Waals surface area contributed by atoms with E-state index >= 15 is 0 Å². The van der Waals surface area contributed by atoms with Crippen LogP contribution in [0, 0.1) is 0 Å². The van der Waals surface area contributed by atoms with E-state index in [1.807, 2.05) is 33.8 Å². The number of thiol groups is 1. The van der Waals surface area contributed by atoms with Crippen molar-refractivity contribution in [2.45, 2.75) is 38.9 Å². The maximum Gasteiger partial charge on any atom is 0.491 e. The first kappa shape index (κ1) is 16.3. The molecule has 0 spiro atoms. The van der Waals surface area contributed by atoms with Crippen molar-refractivity contribution >= 4 is 31.5 Å². The third-order valence-corrected chi connectivity index (χ3v) is 4.54. The molecule has 0 saturated carbocycles. The van der Waals surface area contributed by atoms with Crippen LogP contribution in [0.1, 0.15) is 33.3 Å². The molecule has 114 valence electrons. The van der Waals surface area contributed by atoms with Crippen LogP contribution < -0.4 is 5.73 Å². The SMILES string of the molecule is CC1(C)OB(C(=Cc2cccc(N)c2O)CS)OC1(C)C. The molecule has 1 saturated heterocycles. The number of aromatic hydroxyl groups is 1. The fourth-order valence-corrected chi connectivity index (χ4v) is 2.32. The number of rotatable bonds is 3. The van der Waals surface area contributed by atoms with Gasteiger partial charge in [-0.05, 0) is 39.2 Å². The Bertz CT molecular complexity index is 556. The minimum atomic E-state index is -0.478. The van der Waals surface area contributed by atoms with Crippen molar-refractivity contribution in [2.24, 2.45) is 0 Å². The maximum absolute atomic E-state index is 10.0. The van der Waals surface area contributed by atoms with Crippen LogP contribution in [0.25, 0.3) is 6.08 Å². The molecule has 0 aliphatic carbocycles. The van der Waals surface area contributed by atoms with Gasteiger partial charge < -0.3 is 20.1 Å². The number of para-hydroxylation sites is 1. The zero-order valence-electron chi connectivity index (χ0n) is 12.9. The summed E-state index contributed by atoms with van der Waals surface area (Å²) in [5, 5.41) is 10.0. The van der Waals surface area contributed by atoms with E-state index in [1.54, 1.807) is 18.2 Å². The lowest BCUT2D eigenvalue weighted by atomic mass is 9.78. The molecule has 21 heavy (non-hydrogen) atoms. The topological polar surface area (TPSA) is 64.7 Å². The standard InChI is InChI=1S/C15H22BNO3S/c1-14(2)15(3,4)20-16(19-14)11(9-21)8-10-6-5-7-12(17)13(10)18/h5-8,18,21H,9,17H2,1-4H3. The zero-order valence-corrected chi connectivity index (χ0v) is 13.8. The van der Waals surface area contributed by atoms with E-state index in [0.29, 0.717) is 17.0 Å². The van der Waals surface area contributed by atoms with Crippen molar-refractivity contribution < 1.29 is 14.4 Å². The van der Waals surface area contributed by atoms with E-state index in [4.69, 9.17) is 15.0 Å². The monoisotopic (exact) mass is 307 g/mol. The van der Waals surface area contributed by atoms with Crippen molar-refractivity contribution in [3.8, 4) is 5.75 Å². The van der Waals surface area contributed by atoms with Crippen LogP contribution in [0.2, 0.25) is 0 Å². The van der Waals surface area contributed by atoms with Crippen molar-refractivity contribution in [2.75, 3.05) is 11.5 Å². The molecular formula is C15H22BNO3S. The Balaban J connectivity index is 2.33. The number of anilines is 1. The average molecular weight is 307 g/mol. The van der Waals surface area contributed by atoms with Gasteiger partial charge >= 0.3 is 7.12 Å². The van der Waals surface area contributed by atoms with Gasteiger partial charge in [0.1, 0.15) is 5.75 Å². The quantitative estimate of drug-likeness (QED) is 0.348. The molecule has 0 bridgehead atoms. The highest BCUT2D eigenvalue weighted by Crippen LogP contribution is 2.39. The lowest BCUT2D eigenvalue weighted by Gasteiger charge is -2.32. The smallest absolute Gasteiger partial charge is 0.491 e. The second-order valence-corrected chi connectivity index (χ2v) is 6.57. The molecule has 0 unspecified atom stereocenters. The van der Waals surface area contributed by atoms with Crippen LogP contribution in [0.15, 0.2) is 23.7 Å². The molecule has 3 N–H and O–H groups in total. The van der Waals surface area contributed by atoms with E-state index < -0.39 is 18.3 Å². The van der Waals surface area contributed by atoms with Crippen molar-refractivity contribution in [3.63, 3.8) is 0 Å². The fraction of sp³-hybridized carbons (Fsp3) is 0.467. The molecule has 1 aromatic carbocycles. The van der Waals surface area contributed by atoms with Gasteiger partial charge in [0.15, 0.2) is 0 Å². The van der Waals surface area contributed by atoms with Crippen LogP contribution >= 0.6 is 12.6 Å². The number of nitrogens with two attached hydrogens (primary N) is 1. The van der Waals surface area contributed by atoms with Crippen molar-refractivity contribution in [3.05, 3.63) is 29.2 Å². The molecule has 0 atom stereocenters. The first-order chi connectivity index (χ1) is 9.68. The number of phenols is 1. The zero-order chi connectivity index (χ0) is 15.8. The Morgan fingerprint density at radius 2 is 1.86 bits per heavy atom. The Labute approximate surface area is 131 Å². The summed E-state index contributed by atoms with van der Waals surface area (Å²) in [7, 11) is -0.478. The molecular weight excluding hydrogens is 285 g/mol. The Hall–Kier alpha value is -1.11. The lowest BCUT2D eigenvalue weighted by molar-refractivity contribution is 0.00578. The highest BCUT2D eigenvalue weighted by molar-refractivity contribution is 7.80. The normalized spacial score (nSPS) is 20.8. The third kappa shape index (κ3) is 3.07. The summed E-state index contributed by atoms with van der Waals surface area (Å²) in [5.74, 6) is 0.527. The van der Waals surface area contributed by atoms with E-state index in [9.17, 15) is 5.11 Å². The molecule has 1 aliphatic rings. The molecule has 0 aromatic heterocycles. The summed E-state index contributed by atoms with van der Waals surface area (Å²) < 4.78 is 12.0. The summed E-state index contributed by atoms with van der Waals surface area (Å²) in [6.07, 6.45) is 1.82. The molecule has 4 nitrogen and oxygen atoms in total. The van der Waals surface area contributed by atoms with Gasteiger partial charge in [0, 0.05) is 11.3 Å². The van der Waals surface area contributed by atoms with Gasteiger partial charge in [0.2, 0.25) is 0 Å². The minimum absolute atomic E-state index is 0.0632. The van der Waals surface area contributed by atoms with Crippen LogP contribution in [0.3, 0.4) is 0 Å². The highest BCUT2D eigenvalue weighted by atomic mass is 32.1. The van der Waals surface area contributed by atoms with Crippen molar-refractivity contribution in [1.82, 2.24) is 0 Å². The third-order valence-electron chi connectivity index (χ3n) is 4.18. The van der Waals surface area contributed by atoms with E-state index in [-0.39, 0.29) is 5.75 Å². The maximum atomic E-state index is 10.0. The van der Waals surface area contributed by atoms with Gasteiger partial charge in [-0.2, -0.15) is 12.6 Å². The van der Waals surface area contributed by atoms with Crippen molar-refractivity contribution in [1.29, 1.82) is 0 Å². The Morgan fingerprint density at radius 1 is 1.29 bits per heavy atom. The number of hydrogen-bond acceptors (Lipinski definition) is 5. The molecule has 0 amide bonds. The fourth-order valence-electron chi connectivity index (χ4n) is 2.08. The predicted molar refractivity (Wildman–Crippen MR) is 90.4 cm³/mol. The summed E-state index contributed by atoms with van der Waals surface area (Å²) in [6.45, 7) is 8.00. The molecule has 1 aromatic rings. The highest BCUT2D eigenvalue weighted by Gasteiger charge is 2.52. The van der Waals surface area contributed by atoms with Gasteiger partial charge in [-0.25, -0.2) is 0 Å². The summed E-state index contributed by atoms with van der Waals surface area (Å²) in [4.78, 5) is 0. The van der Waals surface area contributed by atoms with Crippen LogP contribution in [0.4, 0.5) is 5.69 Å². The summed E-state index contributed by atoms with van der Waals surface area (Å²) in [6, 6.07) is 5.24. The number of nitrogen functional groups attached to an aromatic ring is 1. The number of hydrogen-bond donors (Lipinski definition) is 3. The molecule has 1 aliphatic heterocycles. The van der Waals surface area contributed by atoms with E-state index in [2.05, 4.69) is 12.6 Å². The molecule has 2 rings (SSSR count).